The molecular formula is C13H16N2O5. The molecule has 0 radical (unpaired) electrons. The summed E-state index contributed by atoms with van der Waals surface area (Å²) in [6.07, 6.45) is 0.373. The SMILES string of the molecule is C[C@H]1[C@H]2O[C@@]3(CCCN3C2=O)[C@H]1C(=O)N1CCOC1=O. The third-order valence-corrected chi connectivity index (χ3v) is 5.00. The number of amides is 3. The van der Waals surface area contributed by atoms with Crippen LogP contribution in [0.3, 0.4) is 0 Å². The summed E-state index contributed by atoms with van der Waals surface area (Å²) in [5.74, 6) is -0.930. The molecule has 20 heavy (non-hydrogen) atoms. The third kappa shape index (κ3) is 1.22. The highest BCUT2D eigenvalue weighted by Gasteiger charge is 2.70. The third-order valence-electron chi connectivity index (χ3n) is 5.00. The van der Waals surface area contributed by atoms with E-state index in [1.165, 1.54) is 0 Å². The zero-order valence-corrected chi connectivity index (χ0v) is 11.2. The van der Waals surface area contributed by atoms with Crippen molar-refractivity contribution in [1.82, 2.24) is 9.80 Å². The highest BCUT2D eigenvalue weighted by molar-refractivity contribution is 5.97. The second kappa shape index (κ2) is 3.72. The number of hydrogen-bond donors (Lipinski definition) is 0. The number of hydrogen-bond acceptors (Lipinski definition) is 5. The van der Waals surface area contributed by atoms with Crippen LogP contribution in [0.25, 0.3) is 0 Å². The predicted molar refractivity (Wildman–Crippen MR) is 64.3 cm³/mol. The van der Waals surface area contributed by atoms with E-state index in [0.29, 0.717) is 13.0 Å². The number of carbonyl (C=O) groups is 3. The van der Waals surface area contributed by atoms with Crippen LogP contribution >= 0.6 is 0 Å². The quantitative estimate of drug-likeness (QED) is 0.673. The number of piperidine rings is 1. The highest BCUT2D eigenvalue weighted by Crippen LogP contribution is 2.55. The van der Waals surface area contributed by atoms with E-state index in [0.717, 1.165) is 11.3 Å². The van der Waals surface area contributed by atoms with Gasteiger partial charge in [0.25, 0.3) is 5.91 Å². The Labute approximate surface area is 115 Å². The molecule has 0 aromatic rings. The second-order valence-corrected chi connectivity index (χ2v) is 5.92. The molecule has 0 aromatic carbocycles. The Bertz CT molecular complexity index is 521. The number of ether oxygens (including phenoxy) is 2. The van der Waals surface area contributed by atoms with Gasteiger partial charge in [-0.05, 0) is 12.8 Å². The summed E-state index contributed by atoms with van der Waals surface area (Å²) < 4.78 is 10.8. The number of rotatable bonds is 1. The van der Waals surface area contributed by atoms with Gasteiger partial charge in [-0.25, -0.2) is 9.69 Å². The van der Waals surface area contributed by atoms with Crippen molar-refractivity contribution in [2.24, 2.45) is 11.8 Å². The molecule has 4 atom stereocenters. The van der Waals surface area contributed by atoms with E-state index in [1.54, 1.807) is 4.90 Å². The Morgan fingerprint density at radius 2 is 2.15 bits per heavy atom. The van der Waals surface area contributed by atoms with Crippen molar-refractivity contribution in [3.05, 3.63) is 0 Å². The molecule has 108 valence electrons. The zero-order valence-electron chi connectivity index (χ0n) is 11.2. The molecule has 0 aliphatic carbocycles. The number of nitrogens with zero attached hydrogens (tertiary/aromatic N) is 2. The summed E-state index contributed by atoms with van der Waals surface area (Å²) in [5.41, 5.74) is -0.818. The summed E-state index contributed by atoms with van der Waals surface area (Å²) in [5, 5.41) is 0. The first kappa shape index (κ1) is 12.1. The molecule has 4 saturated heterocycles. The van der Waals surface area contributed by atoms with E-state index in [-0.39, 0.29) is 30.9 Å². The molecular weight excluding hydrogens is 264 g/mol. The monoisotopic (exact) mass is 280 g/mol. The molecule has 0 unspecified atom stereocenters. The summed E-state index contributed by atoms with van der Waals surface area (Å²) in [6.45, 7) is 3.02. The Morgan fingerprint density at radius 1 is 1.35 bits per heavy atom. The Morgan fingerprint density at radius 3 is 2.85 bits per heavy atom. The number of cyclic esters (lactones) is 1. The Kier molecular flexibility index (Phi) is 2.26. The molecule has 4 rings (SSSR count). The van der Waals surface area contributed by atoms with Crippen molar-refractivity contribution >= 4 is 17.9 Å². The average Bonchev–Trinajstić information content (AvgIpc) is 3.11. The number of fused-ring (bicyclic) bond motifs is 1. The molecule has 2 bridgehead atoms. The van der Waals surface area contributed by atoms with E-state index in [4.69, 9.17) is 9.47 Å². The maximum Gasteiger partial charge on any atom is 0.416 e. The molecule has 0 N–H and O–H groups in total. The first-order valence-electron chi connectivity index (χ1n) is 7.04. The van der Waals surface area contributed by atoms with Gasteiger partial charge in [0.1, 0.15) is 12.7 Å². The first-order valence-corrected chi connectivity index (χ1v) is 7.04. The van der Waals surface area contributed by atoms with Crippen molar-refractivity contribution in [3.8, 4) is 0 Å². The fourth-order valence-electron chi connectivity index (χ4n) is 4.15. The van der Waals surface area contributed by atoms with E-state index in [2.05, 4.69) is 0 Å². The van der Waals surface area contributed by atoms with Gasteiger partial charge in [0, 0.05) is 12.5 Å². The van der Waals surface area contributed by atoms with Crippen LogP contribution in [-0.2, 0) is 19.1 Å². The van der Waals surface area contributed by atoms with Crippen LogP contribution in [0.15, 0.2) is 0 Å². The minimum Gasteiger partial charge on any atom is -0.447 e. The second-order valence-electron chi connectivity index (χ2n) is 5.92. The number of carbonyl (C=O) groups excluding carboxylic acids is 3. The van der Waals surface area contributed by atoms with Crippen molar-refractivity contribution in [2.75, 3.05) is 19.7 Å². The van der Waals surface area contributed by atoms with E-state index < -0.39 is 23.8 Å². The fourth-order valence-corrected chi connectivity index (χ4v) is 4.15. The predicted octanol–water partition coefficient (Wildman–Crippen LogP) is -0.0514. The van der Waals surface area contributed by atoms with Crippen LogP contribution in [0.1, 0.15) is 19.8 Å². The Hall–Kier alpha value is -1.63. The van der Waals surface area contributed by atoms with Gasteiger partial charge in [0.05, 0.1) is 12.5 Å². The molecule has 3 amide bonds. The molecule has 0 saturated carbocycles. The molecule has 4 aliphatic rings. The van der Waals surface area contributed by atoms with Crippen LogP contribution in [0.5, 0.6) is 0 Å². The molecule has 4 fully saturated rings. The van der Waals surface area contributed by atoms with Gasteiger partial charge in [0.2, 0.25) is 5.91 Å². The smallest absolute Gasteiger partial charge is 0.416 e. The maximum atomic E-state index is 12.7. The topological polar surface area (TPSA) is 76.2 Å². The lowest BCUT2D eigenvalue weighted by Gasteiger charge is -2.38. The largest absolute Gasteiger partial charge is 0.447 e. The van der Waals surface area contributed by atoms with Gasteiger partial charge < -0.3 is 14.4 Å². The minimum absolute atomic E-state index is 0.0111. The van der Waals surface area contributed by atoms with Crippen molar-refractivity contribution in [1.29, 1.82) is 0 Å². The van der Waals surface area contributed by atoms with Crippen LogP contribution in [-0.4, -0.2) is 59.2 Å². The van der Waals surface area contributed by atoms with Gasteiger partial charge in [-0.15, -0.1) is 0 Å². The van der Waals surface area contributed by atoms with Gasteiger partial charge in [0.15, 0.2) is 5.72 Å². The summed E-state index contributed by atoms with van der Waals surface area (Å²) in [4.78, 5) is 39.4. The minimum atomic E-state index is -0.818. The van der Waals surface area contributed by atoms with E-state index >= 15 is 0 Å². The van der Waals surface area contributed by atoms with Crippen LogP contribution < -0.4 is 0 Å². The average molecular weight is 280 g/mol. The summed E-state index contributed by atoms with van der Waals surface area (Å²) in [7, 11) is 0. The van der Waals surface area contributed by atoms with E-state index in [9.17, 15) is 14.4 Å². The van der Waals surface area contributed by atoms with Crippen molar-refractivity contribution < 1.29 is 23.9 Å². The highest BCUT2D eigenvalue weighted by atomic mass is 16.6. The molecule has 7 nitrogen and oxygen atoms in total. The summed E-state index contributed by atoms with van der Waals surface area (Å²) >= 11 is 0. The maximum absolute atomic E-state index is 12.7. The normalized spacial score (nSPS) is 42.4. The summed E-state index contributed by atoms with van der Waals surface area (Å²) in [6, 6.07) is 0. The Balaban J connectivity index is 1.70. The molecule has 4 heterocycles. The van der Waals surface area contributed by atoms with Gasteiger partial charge in [-0.3, -0.25) is 9.59 Å². The molecule has 7 heteroatoms. The lowest BCUT2D eigenvalue weighted by Crippen LogP contribution is -2.57. The van der Waals surface area contributed by atoms with Gasteiger partial charge in [-0.2, -0.15) is 0 Å². The van der Waals surface area contributed by atoms with Crippen LogP contribution in [0.4, 0.5) is 4.79 Å². The molecule has 0 aromatic heterocycles. The van der Waals surface area contributed by atoms with Crippen molar-refractivity contribution in [3.63, 3.8) is 0 Å². The van der Waals surface area contributed by atoms with Crippen LogP contribution in [0.2, 0.25) is 0 Å². The molecule has 4 aliphatic heterocycles. The van der Waals surface area contributed by atoms with E-state index in [1.807, 2.05) is 6.92 Å². The lowest BCUT2D eigenvalue weighted by atomic mass is 9.79. The molecule has 1 spiro atoms. The zero-order chi connectivity index (χ0) is 14.1. The van der Waals surface area contributed by atoms with Gasteiger partial charge >= 0.3 is 6.09 Å². The van der Waals surface area contributed by atoms with Crippen LogP contribution in [0, 0.1) is 11.8 Å². The van der Waals surface area contributed by atoms with Crippen molar-refractivity contribution in [2.45, 2.75) is 31.6 Å². The van der Waals surface area contributed by atoms with Gasteiger partial charge in [-0.1, -0.05) is 6.92 Å². The lowest BCUT2D eigenvalue weighted by molar-refractivity contribution is -0.151. The fraction of sp³-hybridized carbons (Fsp3) is 0.769. The first-order chi connectivity index (χ1) is 9.56. The number of imide groups is 1. The standard InChI is InChI=1S/C13H16N2O5/c1-7-8(10(16)14-5-6-19-12(14)18)13-3-2-4-15(13)11(17)9(7)20-13/h7-9H,2-6H2,1H3/t7-,8-,9-,13+/m1/s1.